The summed E-state index contributed by atoms with van der Waals surface area (Å²) in [4.78, 5) is 36.2. The third-order valence-electron chi connectivity index (χ3n) is 6.10. The summed E-state index contributed by atoms with van der Waals surface area (Å²) >= 11 is 0. The lowest BCUT2D eigenvalue weighted by Gasteiger charge is -2.35. The third kappa shape index (κ3) is 4.61. The molecule has 0 radical (unpaired) electrons. The lowest BCUT2D eigenvalue weighted by molar-refractivity contribution is -0.135. The number of methoxy groups -OCH3 is 1. The van der Waals surface area contributed by atoms with Gasteiger partial charge in [0.1, 0.15) is 17.6 Å². The molecule has 2 aromatic carbocycles. The molecule has 0 saturated carbocycles. The molecule has 4 rings (SSSR count). The predicted molar refractivity (Wildman–Crippen MR) is 124 cm³/mol. The highest BCUT2D eigenvalue weighted by Gasteiger charge is 2.33. The standard InChI is InChI=1S/C25H30N4O3/c1-16(2)22(28-24(30)17-10-12-19(32-3)13-11-17)25(31)29-14-6-7-18(15-29)23-26-20-8-4-5-9-21(20)27-23/h4-5,8-13,16,18,22H,6-7,14-15H2,1-3H3,(H,26,27)(H,28,30)/t18-,22-/m0/s1. The number of aromatic nitrogens is 2. The van der Waals surface area contributed by atoms with Gasteiger partial charge in [-0.25, -0.2) is 4.98 Å². The van der Waals surface area contributed by atoms with Crippen LogP contribution in [0.1, 0.15) is 48.8 Å². The first kappa shape index (κ1) is 21.9. The van der Waals surface area contributed by atoms with E-state index in [1.54, 1.807) is 31.4 Å². The van der Waals surface area contributed by atoms with Gasteiger partial charge in [-0.3, -0.25) is 9.59 Å². The second-order valence-electron chi connectivity index (χ2n) is 8.69. The van der Waals surface area contributed by atoms with Crippen molar-refractivity contribution < 1.29 is 14.3 Å². The molecule has 7 nitrogen and oxygen atoms in total. The topological polar surface area (TPSA) is 87.3 Å². The minimum Gasteiger partial charge on any atom is -0.497 e. The maximum Gasteiger partial charge on any atom is 0.251 e. The van der Waals surface area contributed by atoms with E-state index in [0.717, 1.165) is 29.7 Å². The molecule has 0 bridgehead atoms. The fraction of sp³-hybridized carbons (Fsp3) is 0.400. The minimum atomic E-state index is -0.584. The molecule has 7 heteroatoms. The van der Waals surface area contributed by atoms with Gasteiger partial charge in [0.15, 0.2) is 0 Å². The highest BCUT2D eigenvalue weighted by atomic mass is 16.5. The van der Waals surface area contributed by atoms with Crippen LogP contribution in [0.5, 0.6) is 5.75 Å². The zero-order valence-corrected chi connectivity index (χ0v) is 18.8. The van der Waals surface area contributed by atoms with Crippen LogP contribution in [0.2, 0.25) is 0 Å². The number of nitrogens with one attached hydrogen (secondary N) is 2. The summed E-state index contributed by atoms with van der Waals surface area (Å²) in [7, 11) is 1.58. The molecule has 2 amide bonds. The van der Waals surface area contributed by atoms with Crippen LogP contribution >= 0.6 is 0 Å². The predicted octanol–water partition coefficient (Wildman–Crippen LogP) is 3.73. The summed E-state index contributed by atoms with van der Waals surface area (Å²) < 4.78 is 5.15. The minimum absolute atomic E-state index is 0.0312. The Labute approximate surface area is 188 Å². The second kappa shape index (κ2) is 9.42. The van der Waals surface area contributed by atoms with Crippen LogP contribution in [-0.2, 0) is 4.79 Å². The van der Waals surface area contributed by atoms with Crippen LogP contribution in [-0.4, -0.2) is 52.9 Å². The number of rotatable bonds is 6. The van der Waals surface area contributed by atoms with E-state index < -0.39 is 6.04 Å². The normalized spacial score (nSPS) is 17.4. The summed E-state index contributed by atoms with van der Waals surface area (Å²) in [5, 5.41) is 2.95. The van der Waals surface area contributed by atoms with Gasteiger partial charge in [0, 0.05) is 24.6 Å². The number of amides is 2. The number of hydrogen-bond donors (Lipinski definition) is 2. The fourth-order valence-corrected chi connectivity index (χ4v) is 4.24. The maximum absolute atomic E-state index is 13.4. The number of ether oxygens (including phenoxy) is 1. The van der Waals surface area contributed by atoms with Crippen molar-refractivity contribution in [2.45, 2.75) is 38.6 Å². The number of piperidine rings is 1. The van der Waals surface area contributed by atoms with E-state index in [9.17, 15) is 9.59 Å². The van der Waals surface area contributed by atoms with Gasteiger partial charge in [-0.15, -0.1) is 0 Å². The molecule has 1 aromatic heterocycles. The summed E-state index contributed by atoms with van der Waals surface area (Å²) in [6, 6.07) is 14.3. The Bertz CT molecular complexity index is 1060. The monoisotopic (exact) mass is 434 g/mol. The first-order valence-electron chi connectivity index (χ1n) is 11.1. The molecule has 32 heavy (non-hydrogen) atoms. The van der Waals surface area contributed by atoms with Gasteiger partial charge >= 0.3 is 0 Å². The zero-order valence-electron chi connectivity index (χ0n) is 18.8. The van der Waals surface area contributed by atoms with Crippen LogP contribution in [0.3, 0.4) is 0 Å². The van der Waals surface area contributed by atoms with Crippen LogP contribution in [0.25, 0.3) is 11.0 Å². The smallest absolute Gasteiger partial charge is 0.251 e. The van der Waals surface area contributed by atoms with E-state index in [1.807, 2.05) is 43.0 Å². The lowest BCUT2D eigenvalue weighted by Crippen LogP contribution is -2.53. The first-order chi connectivity index (χ1) is 15.5. The van der Waals surface area contributed by atoms with Crippen molar-refractivity contribution >= 4 is 22.8 Å². The molecule has 1 aliphatic rings. The highest BCUT2D eigenvalue weighted by molar-refractivity contribution is 5.97. The van der Waals surface area contributed by atoms with Crippen molar-refractivity contribution in [2.24, 2.45) is 5.92 Å². The van der Waals surface area contributed by atoms with E-state index in [0.29, 0.717) is 24.4 Å². The van der Waals surface area contributed by atoms with Crippen LogP contribution in [0, 0.1) is 5.92 Å². The number of fused-ring (bicyclic) bond motifs is 1. The maximum atomic E-state index is 13.4. The Morgan fingerprint density at radius 2 is 1.91 bits per heavy atom. The van der Waals surface area contributed by atoms with Crippen LogP contribution in [0.4, 0.5) is 0 Å². The number of aromatic amines is 1. The molecule has 1 saturated heterocycles. The number of benzene rings is 2. The Morgan fingerprint density at radius 3 is 2.59 bits per heavy atom. The van der Waals surface area contributed by atoms with Gasteiger partial charge in [0.25, 0.3) is 5.91 Å². The quantitative estimate of drug-likeness (QED) is 0.619. The number of hydrogen-bond acceptors (Lipinski definition) is 4. The molecule has 0 unspecified atom stereocenters. The molecule has 3 aromatic rings. The number of nitrogens with zero attached hydrogens (tertiary/aromatic N) is 2. The Hall–Kier alpha value is -3.35. The molecule has 0 spiro atoms. The van der Waals surface area contributed by atoms with Crippen molar-refractivity contribution in [1.29, 1.82) is 0 Å². The molecule has 1 fully saturated rings. The van der Waals surface area contributed by atoms with Crippen molar-refractivity contribution in [3.05, 3.63) is 59.9 Å². The fourth-order valence-electron chi connectivity index (χ4n) is 4.24. The van der Waals surface area contributed by atoms with E-state index in [4.69, 9.17) is 9.72 Å². The SMILES string of the molecule is COc1ccc(C(=O)N[C@H](C(=O)N2CCC[C@H](c3nc4ccccc4[nH]3)C2)C(C)C)cc1. The van der Waals surface area contributed by atoms with Gasteiger partial charge in [-0.1, -0.05) is 26.0 Å². The molecule has 2 N–H and O–H groups in total. The van der Waals surface area contributed by atoms with Crippen LogP contribution < -0.4 is 10.1 Å². The molecule has 1 aliphatic heterocycles. The first-order valence-corrected chi connectivity index (χ1v) is 11.1. The van der Waals surface area contributed by atoms with Crippen molar-refractivity contribution in [3.8, 4) is 5.75 Å². The van der Waals surface area contributed by atoms with Crippen molar-refractivity contribution in [3.63, 3.8) is 0 Å². The second-order valence-corrected chi connectivity index (χ2v) is 8.69. The van der Waals surface area contributed by atoms with E-state index in [2.05, 4.69) is 10.3 Å². The third-order valence-corrected chi connectivity index (χ3v) is 6.10. The average Bonchev–Trinajstić information content (AvgIpc) is 3.26. The molecular weight excluding hydrogens is 404 g/mol. The zero-order chi connectivity index (χ0) is 22.7. The molecule has 168 valence electrons. The van der Waals surface area contributed by atoms with E-state index in [1.165, 1.54) is 0 Å². The van der Waals surface area contributed by atoms with E-state index >= 15 is 0 Å². The Morgan fingerprint density at radius 1 is 1.16 bits per heavy atom. The van der Waals surface area contributed by atoms with Gasteiger partial charge in [-0.2, -0.15) is 0 Å². The Balaban J connectivity index is 1.46. The summed E-state index contributed by atoms with van der Waals surface area (Å²) in [6.45, 7) is 5.20. The van der Waals surface area contributed by atoms with Crippen molar-refractivity contribution in [2.75, 3.05) is 20.2 Å². The summed E-state index contributed by atoms with van der Waals surface area (Å²) in [6.07, 6.45) is 1.89. The average molecular weight is 435 g/mol. The highest BCUT2D eigenvalue weighted by Crippen LogP contribution is 2.27. The summed E-state index contributed by atoms with van der Waals surface area (Å²) in [5.41, 5.74) is 2.46. The number of imidazole rings is 1. The van der Waals surface area contributed by atoms with Gasteiger partial charge < -0.3 is 19.9 Å². The molecule has 2 heterocycles. The van der Waals surface area contributed by atoms with Gasteiger partial charge in [0.05, 0.1) is 18.1 Å². The summed E-state index contributed by atoms with van der Waals surface area (Å²) in [5.74, 6) is 1.43. The van der Waals surface area contributed by atoms with Gasteiger partial charge in [0.2, 0.25) is 5.91 Å². The lowest BCUT2D eigenvalue weighted by atomic mass is 9.95. The number of likely N-dealkylation sites (tertiary alicyclic amines) is 1. The molecular formula is C25H30N4O3. The number of H-pyrrole nitrogens is 1. The van der Waals surface area contributed by atoms with Gasteiger partial charge in [-0.05, 0) is 55.2 Å². The molecule has 2 atom stereocenters. The van der Waals surface area contributed by atoms with E-state index in [-0.39, 0.29) is 23.7 Å². The largest absolute Gasteiger partial charge is 0.497 e. The van der Waals surface area contributed by atoms with Crippen molar-refractivity contribution in [1.82, 2.24) is 20.2 Å². The number of para-hydroxylation sites is 2. The molecule has 0 aliphatic carbocycles. The Kier molecular flexibility index (Phi) is 6.44. The number of carbonyl (C=O) groups excluding carboxylic acids is 2. The number of carbonyl (C=O) groups is 2. The van der Waals surface area contributed by atoms with Crippen LogP contribution in [0.15, 0.2) is 48.5 Å².